The molecule has 0 saturated heterocycles. The summed E-state index contributed by atoms with van der Waals surface area (Å²) in [5.74, 6) is 0.432. The van der Waals surface area contributed by atoms with Crippen molar-refractivity contribution in [2.45, 2.75) is 33.1 Å². The summed E-state index contributed by atoms with van der Waals surface area (Å²) in [7, 11) is 0. The van der Waals surface area contributed by atoms with E-state index in [1.165, 1.54) is 11.1 Å². The molecule has 1 atom stereocenters. The molecule has 1 amide bonds. The van der Waals surface area contributed by atoms with Gasteiger partial charge in [-0.05, 0) is 37.0 Å². The van der Waals surface area contributed by atoms with E-state index < -0.39 is 0 Å². The van der Waals surface area contributed by atoms with Gasteiger partial charge in [-0.25, -0.2) is 0 Å². The molecule has 1 N–H and O–H groups in total. The summed E-state index contributed by atoms with van der Waals surface area (Å²) in [6.45, 7) is 8.30. The summed E-state index contributed by atoms with van der Waals surface area (Å²) in [5, 5.41) is 2.97. The third kappa shape index (κ3) is 1.21. The van der Waals surface area contributed by atoms with Crippen molar-refractivity contribution >= 4 is 11.6 Å². The lowest BCUT2D eigenvalue weighted by atomic mass is 9.73. The summed E-state index contributed by atoms with van der Waals surface area (Å²) in [6, 6.07) is 6.04. The Bertz CT molecular complexity index is 423. The minimum atomic E-state index is -0.374. The molecule has 2 rings (SSSR count). The van der Waals surface area contributed by atoms with Crippen LogP contribution in [0.25, 0.3) is 0 Å². The predicted molar refractivity (Wildman–Crippen MR) is 62.0 cm³/mol. The highest BCUT2D eigenvalue weighted by molar-refractivity contribution is 6.06. The van der Waals surface area contributed by atoms with Crippen LogP contribution < -0.4 is 5.32 Å². The van der Waals surface area contributed by atoms with Crippen molar-refractivity contribution in [3.63, 3.8) is 0 Å². The van der Waals surface area contributed by atoms with E-state index in [9.17, 15) is 4.79 Å². The smallest absolute Gasteiger partial charge is 0.235 e. The molecule has 0 aromatic heterocycles. The van der Waals surface area contributed by atoms with Gasteiger partial charge in [-0.1, -0.05) is 26.0 Å². The minimum absolute atomic E-state index is 0.127. The van der Waals surface area contributed by atoms with Gasteiger partial charge in [0, 0.05) is 5.69 Å². The van der Waals surface area contributed by atoms with Gasteiger partial charge in [-0.15, -0.1) is 0 Å². The molecule has 1 aliphatic rings. The van der Waals surface area contributed by atoms with Gasteiger partial charge in [0.05, 0.1) is 5.41 Å². The largest absolute Gasteiger partial charge is 0.325 e. The average molecular weight is 203 g/mol. The molecular weight excluding hydrogens is 186 g/mol. The van der Waals surface area contributed by atoms with Crippen molar-refractivity contribution in [2.75, 3.05) is 5.32 Å². The second-order valence-corrected chi connectivity index (χ2v) is 4.81. The van der Waals surface area contributed by atoms with Gasteiger partial charge in [0.25, 0.3) is 0 Å². The summed E-state index contributed by atoms with van der Waals surface area (Å²) >= 11 is 0. The van der Waals surface area contributed by atoms with E-state index in [0.717, 1.165) is 5.69 Å². The second-order valence-electron chi connectivity index (χ2n) is 4.81. The van der Waals surface area contributed by atoms with Crippen LogP contribution in [0.1, 0.15) is 31.9 Å². The summed E-state index contributed by atoms with van der Waals surface area (Å²) < 4.78 is 0. The lowest BCUT2D eigenvalue weighted by Gasteiger charge is -2.28. The highest BCUT2D eigenvalue weighted by Crippen LogP contribution is 2.44. The number of anilines is 1. The Morgan fingerprint density at radius 3 is 2.60 bits per heavy atom. The maximum atomic E-state index is 12.0. The molecule has 1 aromatic carbocycles. The standard InChI is InChI=1S/C13H17NO/c1-8(2)13(4)11-9(3)6-5-7-10(11)14-12(13)15/h5-8H,1-4H3,(H,14,15)/t13-/m1/s1. The zero-order valence-corrected chi connectivity index (χ0v) is 9.72. The van der Waals surface area contributed by atoms with Crippen LogP contribution in [0.4, 0.5) is 5.69 Å². The first-order chi connectivity index (χ1) is 6.98. The highest BCUT2D eigenvalue weighted by Gasteiger charge is 2.45. The van der Waals surface area contributed by atoms with Crippen molar-refractivity contribution in [1.82, 2.24) is 0 Å². The quantitative estimate of drug-likeness (QED) is 0.747. The molecule has 80 valence electrons. The maximum absolute atomic E-state index is 12.0. The molecule has 15 heavy (non-hydrogen) atoms. The summed E-state index contributed by atoms with van der Waals surface area (Å²) in [4.78, 5) is 12.0. The fourth-order valence-electron chi connectivity index (χ4n) is 2.38. The van der Waals surface area contributed by atoms with Crippen LogP contribution in [0, 0.1) is 12.8 Å². The molecule has 0 spiro atoms. The Morgan fingerprint density at radius 1 is 1.33 bits per heavy atom. The Labute approximate surface area is 90.7 Å². The number of fused-ring (bicyclic) bond motifs is 1. The van der Waals surface area contributed by atoms with E-state index in [4.69, 9.17) is 0 Å². The zero-order chi connectivity index (χ0) is 11.2. The van der Waals surface area contributed by atoms with Gasteiger partial charge >= 0.3 is 0 Å². The van der Waals surface area contributed by atoms with E-state index >= 15 is 0 Å². The number of benzene rings is 1. The molecule has 0 aliphatic carbocycles. The van der Waals surface area contributed by atoms with Crippen LogP contribution in [0.2, 0.25) is 0 Å². The van der Waals surface area contributed by atoms with Crippen LogP contribution in [-0.4, -0.2) is 5.91 Å². The molecule has 2 nitrogen and oxygen atoms in total. The van der Waals surface area contributed by atoms with E-state index in [0.29, 0.717) is 5.92 Å². The topological polar surface area (TPSA) is 29.1 Å². The van der Waals surface area contributed by atoms with Gasteiger partial charge in [0.2, 0.25) is 5.91 Å². The van der Waals surface area contributed by atoms with Crippen LogP contribution >= 0.6 is 0 Å². The number of rotatable bonds is 1. The van der Waals surface area contributed by atoms with Crippen LogP contribution in [0.5, 0.6) is 0 Å². The maximum Gasteiger partial charge on any atom is 0.235 e. The fraction of sp³-hybridized carbons (Fsp3) is 0.462. The number of carbonyl (C=O) groups is 1. The van der Waals surface area contributed by atoms with Gasteiger partial charge in [0.15, 0.2) is 0 Å². The number of hydrogen-bond acceptors (Lipinski definition) is 1. The van der Waals surface area contributed by atoms with E-state index in [1.54, 1.807) is 0 Å². The molecule has 1 aliphatic heterocycles. The fourth-order valence-corrected chi connectivity index (χ4v) is 2.38. The molecule has 0 unspecified atom stereocenters. The van der Waals surface area contributed by atoms with Gasteiger partial charge in [-0.3, -0.25) is 4.79 Å². The Balaban J connectivity index is 2.68. The lowest BCUT2D eigenvalue weighted by molar-refractivity contribution is -0.121. The summed E-state index contributed by atoms with van der Waals surface area (Å²) in [6.07, 6.45) is 0. The van der Waals surface area contributed by atoms with E-state index in [1.807, 2.05) is 19.1 Å². The van der Waals surface area contributed by atoms with Gasteiger partial charge in [-0.2, -0.15) is 0 Å². The van der Waals surface area contributed by atoms with Crippen molar-refractivity contribution in [3.05, 3.63) is 29.3 Å². The number of hydrogen-bond donors (Lipinski definition) is 1. The molecule has 0 saturated carbocycles. The lowest BCUT2D eigenvalue weighted by Crippen LogP contribution is -2.36. The first-order valence-electron chi connectivity index (χ1n) is 5.39. The van der Waals surface area contributed by atoms with Gasteiger partial charge < -0.3 is 5.32 Å². The molecule has 0 bridgehead atoms. The summed E-state index contributed by atoms with van der Waals surface area (Å²) in [5.41, 5.74) is 2.98. The number of carbonyl (C=O) groups excluding carboxylic acids is 1. The minimum Gasteiger partial charge on any atom is -0.325 e. The Hall–Kier alpha value is -1.31. The van der Waals surface area contributed by atoms with Gasteiger partial charge in [0.1, 0.15) is 0 Å². The normalized spacial score (nSPS) is 24.2. The molecule has 1 aromatic rings. The second kappa shape index (κ2) is 3.09. The molecule has 0 radical (unpaired) electrons. The highest BCUT2D eigenvalue weighted by atomic mass is 16.2. The van der Waals surface area contributed by atoms with Crippen molar-refractivity contribution in [3.8, 4) is 0 Å². The Kier molecular flexibility index (Phi) is 2.10. The van der Waals surface area contributed by atoms with Crippen LogP contribution in [0.15, 0.2) is 18.2 Å². The first-order valence-corrected chi connectivity index (χ1v) is 5.39. The molecule has 1 heterocycles. The average Bonchev–Trinajstić information content (AvgIpc) is 2.41. The number of nitrogens with one attached hydrogen (secondary N) is 1. The molecule has 0 fully saturated rings. The van der Waals surface area contributed by atoms with Crippen LogP contribution in [-0.2, 0) is 10.2 Å². The first kappa shape index (κ1) is 10.2. The SMILES string of the molecule is Cc1cccc2c1[C@@](C)(C(C)C)C(=O)N2. The van der Waals surface area contributed by atoms with E-state index in [2.05, 4.69) is 32.2 Å². The zero-order valence-electron chi connectivity index (χ0n) is 9.72. The number of aryl methyl sites for hydroxylation is 1. The third-order valence-corrected chi connectivity index (χ3v) is 3.67. The van der Waals surface area contributed by atoms with Crippen molar-refractivity contribution in [1.29, 1.82) is 0 Å². The molecular formula is C13H17NO. The molecule has 2 heteroatoms. The third-order valence-electron chi connectivity index (χ3n) is 3.67. The number of amides is 1. The van der Waals surface area contributed by atoms with Crippen LogP contribution in [0.3, 0.4) is 0 Å². The van der Waals surface area contributed by atoms with E-state index in [-0.39, 0.29) is 11.3 Å². The van der Waals surface area contributed by atoms with Crippen molar-refractivity contribution in [2.24, 2.45) is 5.92 Å². The predicted octanol–water partition coefficient (Wildman–Crippen LogP) is 2.86. The monoisotopic (exact) mass is 203 g/mol. The Morgan fingerprint density at radius 2 is 2.00 bits per heavy atom. The van der Waals surface area contributed by atoms with Crippen molar-refractivity contribution < 1.29 is 4.79 Å².